The third kappa shape index (κ3) is 2.29. The van der Waals surface area contributed by atoms with Gasteiger partial charge in [-0.25, -0.2) is 4.68 Å². The molecule has 0 aliphatic heterocycles. The van der Waals surface area contributed by atoms with Crippen LogP contribution in [-0.2, 0) is 0 Å². The van der Waals surface area contributed by atoms with E-state index in [-0.39, 0.29) is 12.6 Å². The molecule has 1 heterocycles. The summed E-state index contributed by atoms with van der Waals surface area (Å²) in [6.45, 7) is 0.113. The molecule has 84 valence electrons. The van der Waals surface area contributed by atoms with Gasteiger partial charge in [-0.1, -0.05) is 12.1 Å². The van der Waals surface area contributed by atoms with Gasteiger partial charge >= 0.3 is 0 Å². The normalized spacial score (nSPS) is 12.6. The molecule has 0 aliphatic rings. The van der Waals surface area contributed by atoms with Crippen molar-refractivity contribution in [3.05, 3.63) is 48.3 Å². The van der Waals surface area contributed by atoms with Gasteiger partial charge in [0.1, 0.15) is 0 Å². The molecule has 0 fully saturated rings. The zero-order chi connectivity index (χ0) is 11.4. The van der Waals surface area contributed by atoms with Crippen LogP contribution in [0.1, 0.15) is 18.0 Å². The van der Waals surface area contributed by atoms with Crippen molar-refractivity contribution in [1.82, 2.24) is 9.78 Å². The molecule has 0 spiro atoms. The van der Waals surface area contributed by atoms with Gasteiger partial charge in [-0.3, -0.25) is 0 Å². The molecule has 0 saturated heterocycles. The molecule has 1 unspecified atom stereocenters. The highest BCUT2D eigenvalue weighted by Crippen LogP contribution is 2.15. The summed E-state index contributed by atoms with van der Waals surface area (Å²) >= 11 is 0. The second-order valence-corrected chi connectivity index (χ2v) is 3.66. The van der Waals surface area contributed by atoms with E-state index in [0.29, 0.717) is 6.42 Å². The number of rotatable bonds is 4. The number of hydrogen-bond donors (Lipinski definition) is 2. The van der Waals surface area contributed by atoms with Crippen LogP contribution in [0.15, 0.2) is 42.7 Å². The van der Waals surface area contributed by atoms with E-state index >= 15 is 0 Å². The molecular weight excluding hydrogens is 202 g/mol. The maximum absolute atomic E-state index is 8.81. The van der Waals surface area contributed by atoms with Crippen LogP contribution in [0.3, 0.4) is 0 Å². The van der Waals surface area contributed by atoms with Crippen LogP contribution >= 0.6 is 0 Å². The quantitative estimate of drug-likeness (QED) is 0.810. The monoisotopic (exact) mass is 217 g/mol. The van der Waals surface area contributed by atoms with Gasteiger partial charge in [0, 0.05) is 25.0 Å². The largest absolute Gasteiger partial charge is 0.396 e. The van der Waals surface area contributed by atoms with E-state index in [4.69, 9.17) is 10.8 Å². The summed E-state index contributed by atoms with van der Waals surface area (Å²) in [5.41, 5.74) is 7.93. The van der Waals surface area contributed by atoms with Crippen LogP contribution in [0.2, 0.25) is 0 Å². The van der Waals surface area contributed by atoms with Gasteiger partial charge in [0.25, 0.3) is 0 Å². The first-order valence-electron chi connectivity index (χ1n) is 5.27. The summed E-state index contributed by atoms with van der Waals surface area (Å²) in [4.78, 5) is 0. The lowest BCUT2D eigenvalue weighted by Crippen LogP contribution is -2.11. The molecule has 2 aromatic rings. The van der Waals surface area contributed by atoms with E-state index in [2.05, 4.69) is 5.10 Å². The Kier molecular flexibility index (Phi) is 3.34. The van der Waals surface area contributed by atoms with Crippen molar-refractivity contribution >= 4 is 0 Å². The molecule has 1 atom stereocenters. The van der Waals surface area contributed by atoms with Crippen molar-refractivity contribution in [1.29, 1.82) is 0 Å². The third-order valence-electron chi connectivity index (χ3n) is 2.53. The number of aliphatic hydroxyl groups excluding tert-OH is 1. The Bertz CT molecular complexity index is 422. The molecule has 4 nitrogen and oxygen atoms in total. The minimum Gasteiger partial charge on any atom is -0.396 e. The van der Waals surface area contributed by atoms with Crippen LogP contribution < -0.4 is 5.73 Å². The SMILES string of the molecule is NC(CCO)c1ccc(-n2cccn2)cc1. The Morgan fingerprint density at radius 2 is 2.06 bits per heavy atom. The molecule has 0 radical (unpaired) electrons. The predicted octanol–water partition coefficient (Wildman–Crippen LogP) is 1.25. The van der Waals surface area contributed by atoms with Gasteiger partial charge in [0.15, 0.2) is 0 Å². The molecule has 4 heteroatoms. The Morgan fingerprint density at radius 3 is 2.62 bits per heavy atom. The van der Waals surface area contributed by atoms with Crippen molar-refractivity contribution < 1.29 is 5.11 Å². The standard InChI is InChI=1S/C12H15N3O/c13-12(6-9-16)10-2-4-11(5-3-10)15-8-1-7-14-15/h1-5,7-8,12,16H,6,9,13H2. The molecular formula is C12H15N3O. The lowest BCUT2D eigenvalue weighted by molar-refractivity contribution is 0.276. The number of benzene rings is 1. The summed E-state index contributed by atoms with van der Waals surface area (Å²) in [5.74, 6) is 0. The van der Waals surface area contributed by atoms with Crippen LogP contribution in [0.4, 0.5) is 0 Å². The van der Waals surface area contributed by atoms with Crippen molar-refractivity contribution in [2.75, 3.05) is 6.61 Å². The first kappa shape index (κ1) is 10.9. The summed E-state index contributed by atoms with van der Waals surface area (Å²) < 4.78 is 1.79. The van der Waals surface area contributed by atoms with Gasteiger partial charge in [0.05, 0.1) is 5.69 Å². The third-order valence-corrected chi connectivity index (χ3v) is 2.53. The van der Waals surface area contributed by atoms with E-state index in [1.165, 1.54) is 0 Å². The van der Waals surface area contributed by atoms with Crippen molar-refractivity contribution in [3.63, 3.8) is 0 Å². The molecule has 1 aromatic carbocycles. The minimum atomic E-state index is -0.100. The Balaban J connectivity index is 2.16. The second-order valence-electron chi connectivity index (χ2n) is 3.66. The molecule has 0 aliphatic carbocycles. The lowest BCUT2D eigenvalue weighted by atomic mass is 10.0. The van der Waals surface area contributed by atoms with Crippen LogP contribution in [0.25, 0.3) is 5.69 Å². The molecule has 16 heavy (non-hydrogen) atoms. The number of nitrogens with two attached hydrogens (primary N) is 1. The van der Waals surface area contributed by atoms with Crippen molar-refractivity contribution in [2.24, 2.45) is 5.73 Å². The zero-order valence-corrected chi connectivity index (χ0v) is 8.95. The lowest BCUT2D eigenvalue weighted by Gasteiger charge is -2.10. The highest BCUT2D eigenvalue weighted by atomic mass is 16.3. The topological polar surface area (TPSA) is 64.1 Å². The average Bonchev–Trinajstić information content (AvgIpc) is 2.83. The first-order valence-corrected chi connectivity index (χ1v) is 5.27. The predicted molar refractivity (Wildman–Crippen MR) is 62.2 cm³/mol. The van der Waals surface area contributed by atoms with Gasteiger partial charge in [-0.05, 0) is 30.2 Å². The van der Waals surface area contributed by atoms with E-state index in [1.807, 2.05) is 36.5 Å². The molecule has 1 aromatic heterocycles. The van der Waals surface area contributed by atoms with Gasteiger partial charge in [0.2, 0.25) is 0 Å². The highest BCUT2D eigenvalue weighted by Gasteiger charge is 2.05. The van der Waals surface area contributed by atoms with Crippen LogP contribution in [0.5, 0.6) is 0 Å². The molecule has 2 rings (SSSR count). The van der Waals surface area contributed by atoms with Crippen molar-refractivity contribution in [3.8, 4) is 5.69 Å². The highest BCUT2D eigenvalue weighted by molar-refractivity contribution is 5.34. The fourth-order valence-electron chi connectivity index (χ4n) is 1.60. The number of hydrogen-bond acceptors (Lipinski definition) is 3. The molecule has 0 amide bonds. The smallest absolute Gasteiger partial charge is 0.0645 e. The summed E-state index contributed by atoms with van der Waals surface area (Å²) in [7, 11) is 0. The Morgan fingerprint density at radius 1 is 1.31 bits per heavy atom. The van der Waals surface area contributed by atoms with E-state index < -0.39 is 0 Å². The van der Waals surface area contributed by atoms with E-state index in [0.717, 1.165) is 11.3 Å². The van der Waals surface area contributed by atoms with Crippen LogP contribution in [0, 0.1) is 0 Å². The van der Waals surface area contributed by atoms with Gasteiger partial charge in [-0.15, -0.1) is 0 Å². The number of nitrogens with zero attached hydrogens (tertiary/aromatic N) is 2. The molecule has 0 bridgehead atoms. The van der Waals surface area contributed by atoms with E-state index in [1.54, 1.807) is 10.9 Å². The van der Waals surface area contributed by atoms with E-state index in [9.17, 15) is 0 Å². The second kappa shape index (κ2) is 4.92. The van der Waals surface area contributed by atoms with Crippen LogP contribution in [-0.4, -0.2) is 21.5 Å². The summed E-state index contributed by atoms with van der Waals surface area (Å²) in [6.07, 6.45) is 4.22. The fourth-order valence-corrected chi connectivity index (χ4v) is 1.60. The van der Waals surface area contributed by atoms with Gasteiger partial charge < -0.3 is 10.8 Å². The number of aliphatic hydroxyl groups is 1. The average molecular weight is 217 g/mol. The summed E-state index contributed by atoms with van der Waals surface area (Å²) in [5, 5.41) is 13.0. The van der Waals surface area contributed by atoms with Gasteiger partial charge in [-0.2, -0.15) is 5.10 Å². The fraction of sp³-hybridized carbons (Fsp3) is 0.250. The molecule has 0 saturated carbocycles. The minimum absolute atomic E-state index is 0.100. The Hall–Kier alpha value is -1.65. The molecule has 3 N–H and O–H groups in total. The maximum atomic E-state index is 8.81. The number of aromatic nitrogens is 2. The Labute approximate surface area is 94.3 Å². The summed E-state index contributed by atoms with van der Waals surface area (Å²) in [6, 6.07) is 9.66. The first-order chi connectivity index (χ1) is 7.81. The maximum Gasteiger partial charge on any atom is 0.0645 e. The zero-order valence-electron chi connectivity index (χ0n) is 8.95. The van der Waals surface area contributed by atoms with Crippen molar-refractivity contribution in [2.45, 2.75) is 12.5 Å².